The summed E-state index contributed by atoms with van der Waals surface area (Å²) in [5.74, 6) is 0.361. The monoisotopic (exact) mass is 278 g/mol. The van der Waals surface area contributed by atoms with Crippen molar-refractivity contribution >= 4 is 31.9 Å². The van der Waals surface area contributed by atoms with E-state index >= 15 is 0 Å². The lowest BCUT2D eigenvalue weighted by Gasteiger charge is -2.06. The molecule has 1 rings (SSSR count). The molecule has 0 spiro atoms. The maximum atomic E-state index is 9.46. The summed E-state index contributed by atoms with van der Waals surface area (Å²) in [6, 6.07) is 1.88. The molecule has 1 N–H and O–H groups in total. The molecule has 11 heavy (non-hydrogen) atoms. The zero-order valence-electron chi connectivity index (χ0n) is 6.28. The first kappa shape index (κ1) is 9.07. The van der Waals surface area contributed by atoms with E-state index in [1.807, 2.05) is 19.9 Å². The molecule has 0 aromatic heterocycles. The largest absolute Gasteiger partial charge is 0.507 e. The lowest BCUT2D eigenvalue weighted by molar-refractivity contribution is 0.466. The van der Waals surface area contributed by atoms with E-state index in [0.717, 1.165) is 20.1 Å². The van der Waals surface area contributed by atoms with E-state index in [0.29, 0.717) is 5.75 Å². The summed E-state index contributed by atoms with van der Waals surface area (Å²) in [7, 11) is 0. The maximum Gasteiger partial charge on any atom is 0.122 e. The zero-order chi connectivity index (χ0) is 8.59. The Kier molecular flexibility index (Phi) is 2.60. The molecule has 1 nitrogen and oxygen atoms in total. The Morgan fingerprint density at radius 1 is 1.27 bits per heavy atom. The van der Waals surface area contributed by atoms with E-state index in [-0.39, 0.29) is 0 Å². The molecule has 0 fully saturated rings. The minimum atomic E-state index is 0.361. The van der Waals surface area contributed by atoms with Crippen LogP contribution in [-0.2, 0) is 0 Å². The number of aromatic hydroxyl groups is 1. The molecule has 0 aliphatic heterocycles. The van der Waals surface area contributed by atoms with Gasteiger partial charge in [-0.15, -0.1) is 0 Å². The van der Waals surface area contributed by atoms with Gasteiger partial charge in [0, 0.05) is 14.5 Å². The predicted octanol–water partition coefficient (Wildman–Crippen LogP) is 3.53. The fraction of sp³-hybridized carbons (Fsp3) is 0.250. The predicted molar refractivity (Wildman–Crippen MR) is 53.0 cm³/mol. The van der Waals surface area contributed by atoms with Crippen molar-refractivity contribution in [3.63, 3.8) is 0 Å². The van der Waals surface area contributed by atoms with E-state index in [1.165, 1.54) is 0 Å². The van der Waals surface area contributed by atoms with Gasteiger partial charge in [0.15, 0.2) is 0 Å². The van der Waals surface area contributed by atoms with Crippen LogP contribution in [0.1, 0.15) is 11.1 Å². The van der Waals surface area contributed by atoms with Gasteiger partial charge in [0.2, 0.25) is 0 Å². The Morgan fingerprint density at radius 3 is 2.36 bits per heavy atom. The van der Waals surface area contributed by atoms with Crippen LogP contribution in [0.15, 0.2) is 15.0 Å². The van der Waals surface area contributed by atoms with Crippen LogP contribution in [-0.4, -0.2) is 5.11 Å². The highest BCUT2D eigenvalue weighted by molar-refractivity contribution is 9.13. The molecule has 3 heteroatoms. The average Bonchev–Trinajstić information content (AvgIpc) is 1.97. The van der Waals surface area contributed by atoms with Crippen molar-refractivity contribution in [2.45, 2.75) is 13.8 Å². The van der Waals surface area contributed by atoms with Crippen molar-refractivity contribution in [1.29, 1.82) is 0 Å². The third-order valence-corrected chi connectivity index (χ3v) is 3.79. The topological polar surface area (TPSA) is 20.2 Å². The Labute approximate surface area is 82.7 Å². The lowest BCUT2D eigenvalue weighted by atomic mass is 10.1. The van der Waals surface area contributed by atoms with Crippen molar-refractivity contribution in [3.8, 4) is 5.75 Å². The summed E-state index contributed by atoms with van der Waals surface area (Å²) in [4.78, 5) is 0. The Balaban J connectivity index is 3.46. The van der Waals surface area contributed by atoms with Crippen LogP contribution < -0.4 is 0 Å². The molecule has 1 aromatic carbocycles. The van der Waals surface area contributed by atoms with Gasteiger partial charge in [-0.2, -0.15) is 0 Å². The number of hydrogen-bond acceptors (Lipinski definition) is 1. The molecule has 0 atom stereocenters. The number of phenolic OH excluding ortho intramolecular Hbond substituents is 1. The molecule has 0 radical (unpaired) electrons. The summed E-state index contributed by atoms with van der Waals surface area (Å²) in [5.41, 5.74) is 1.76. The Morgan fingerprint density at radius 2 is 1.82 bits per heavy atom. The second-order valence-electron chi connectivity index (χ2n) is 2.46. The van der Waals surface area contributed by atoms with Crippen molar-refractivity contribution in [2.24, 2.45) is 0 Å². The fourth-order valence-corrected chi connectivity index (χ4v) is 1.84. The highest BCUT2D eigenvalue weighted by Gasteiger charge is 2.07. The van der Waals surface area contributed by atoms with Crippen LogP contribution in [0.3, 0.4) is 0 Å². The second kappa shape index (κ2) is 3.15. The van der Waals surface area contributed by atoms with Crippen LogP contribution >= 0.6 is 31.9 Å². The average molecular weight is 280 g/mol. The second-order valence-corrected chi connectivity index (χ2v) is 4.11. The van der Waals surface area contributed by atoms with Gasteiger partial charge in [-0.3, -0.25) is 0 Å². The van der Waals surface area contributed by atoms with Crippen molar-refractivity contribution < 1.29 is 5.11 Å². The van der Waals surface area contributed by atoms with Crippen molar-refractivity contribution in [1.82, 2.24) is 0 Å². The number of halogens is 2. The van der Waals surface area contributed by atoms with E-state index in [1.54, 1.807) is 0 Å². The molecule has 0 aliphatic rings. The lowest BCUT2D eigenvalue weighted by Crippen LogP contribution is -1.83. The van der Waals surface area contributed by atoms with E-state index in [2.05, 4.69) is 31.9 Å². The van der Waals surface area contributed by atoms with Gasteiger partial charge in [0.1, 0.15) is 5.75 Å². The highest BCUT2D eigenvalue weighted by atomic mass is 79.9. The Bertz CT molecular complexity index is 268. The summed E-state index contributed by atoms with van der Waals surface area (Å²) >= 11 is 6.73. The summed E-state index contributed by atoms with van der Waals surface area (Å²) in [5, 5.41) is 9.46. The van der Waals surface area contributed by atoms with Gasteiger partial charge in [-0.1, -0.05) is 0 Å². The molecule has 0 aliphatic carbocycles. The molecule has 0 saturated heterocycles. The quantitative estimate of drug-likeness (QED) is 0.770. The molecule has 1 aromatic rings. The van der Waals surface area contributed by atoms with Gasteiger partial charge in [0.05, 0.1) is 0 Å². The maximum absolute atomic E-state index is 9.46. The third kappa shape index (κ3) is 1.59. The molecule has 0 amide bonds. The smallest absolute Gasteiger partial charge is 0.122 e. The Hall–Kier alpha value is -0.0200. The van der Waals surface area contributed by atoms with E-state index in [4.69, 9.17) is 0 Å². The van der Waals surface area contributed by atoms with Gasteiger partial charge in [-0.05, 0) is 57.3 Å². The van der Waals surface area contributed by atoms with Crippen LogP contribution in [0, 0.1) is 13.8 Å². The first-order valence-electron chi connectivity index (χ1n) is 3.18. The van der Waals surface area contributed by atoms with Gasteiger partial charge in [0.25, 0.3) is 0 Å². The van der Waals surface area contributed by atoms with Crippen molar-refractivity contribution in [3.05, 3.63) is 26.1 Å². The number of rotatable bonds is 0. The van der Waals surface area contributed by atoms with Crippen LogP contribution in [0.2, 0.25) is 0 Å². The molecule has 60 valence electrons. The fourth-order valence-electron chi connectivity index (χ4n) is 0.901. The van der Waals surface area contributed by atoms with Crippen LogP contribution in [0.4, 0.5) is 0 Å². The number of phenols is 1. The number of aryl methyl sites for hydroxylation is 1. The molecular formula is C8H8Br2O. The summed E-state index contributed by atoms with van der Waals surface area (Å²) in [6.45, 7) is 3.75. The molecule has 0 bridgehead atoms. The van der Waals surface area contributed by atoms with Gasteiger partial charge < -0.3 is 5.11 Å². The van der Waals surface area contributed by atoms with Gasteiger partial charge in [-0.25, -0.2) is 0 Å². The van der Waals surface area contributed by atoms with Crippen molar-refractivity contribution in [2.75, 3.05) is 0 Å². The molecular weight excluding hydrogens is 272 g/mol. The van der Waals surface area contributed by atoms with Crippen LogP contribution in [0.5, 0.6) is 5.75 Å². The standard InChI is InChI=1S/C8H8Br2O/c1-4-3-6(9)7(10)5(2)8(4)11/h3,11H,1-2H3. The summed E-state index contributed by atoms with van der Waals surface area (Å²) in [6.07, 6.45) is 0. The van der Waals surface area contributed by atoms with Crippen LogP contribution in [0.25, 0.3) is 0 Å². The molecule has 0 saturated carbocycles. The third-order valence-electron chi connectivity index (χ3n) is 1.61. The minimum Gasteiger partial charge on any atom is -0.507 e. The first-order valence-corrected chi connectivity index (χ1v) is 4.76. The van der Waals surface area contributed by atoms with E-state index < -0.39 is 0 Å². The zero-order valence-corrected chi connectivity index (χ0v) is 9.45. The normalized spacial score (nSPS) is 10.2. The van der Waals surface area contributed by atoms with E-state index in [9.17, 15) is 5.11 Å². The highest BCUT2D eigenvalue weighted by Crippen LogP contribution is 2.34. The number of hydrogen-bond donors (Lipinski definition) is 1. The minimum absolute atomic E-state index is 0.361. The van der Waals surface area contributed by atoms with Gasteiger partial charge >= 0.3 is 0 Å². The summed E-state index contributed by atoms with van der Waals surface area (Å²) < 4.78 is 1.89. The SMILES string of the molecule is Cc1cc(Br)c(Br)c(C)c1O. The molecule has 0 unspecified atom stereocenters. The molecule has 0 heterocycles. The number of benzene rings is 1. The first-order chi connectivity index (χ1) is 5.04.